The van der Waals surface area contributed by atoms with Crippen molar-refractivity contribution in [2.45, 2.75) is 48.3 Å². The summed E-state index contributed by atoms with van der Waals surface area (Å²) in [6.45, 7) is 0. The maximum atomic E-state index is 12.5. The Morgan fingerprint density at radius 1 is 1.08 bits per heavy atom. The molecule has 0 amide bonds. The average molecular weight is 380 g/mol. The Morgan fingerprint density at radius 3 is 2.40 bits per heavy atom. The van der Waals surface area contributed by atoms with Crippen LogP contribution >= 0.6 is 11.3 Å². The van der Waals surface area contributed by atoms with Crippen LogP contribution in [0.1, 0.15) is 42.0 Å². The van der Waals surface area contributed by atoms with E-state index < -0.39 is 16.0 Å². The van der Waals surface area contributed by atoms with Crippen molar-refractivity contribution in [2.24, 2.45) is 0 Å². The van der Waals surface area contributed by atoms with Crippen molar-refractivity contribution < 1.29 is 18.3 Å². The lowest BCUT2D eigenvalue weighted by atomic mass is 9.82. The third kappa shape index (κ3) is 4.68. The van der Waals surface area contributed by atoms with Crippen molar-refractivity contribution in [2.75, 3.05) is 0 Å². The number of sulfonamides is 1. The molecule has 1 aliphatic carbocycles. The molecular formula is C18H21NO4S2. The topological polar surface area (TPSA) is 83.5 Å². The molecule has 0 saturated heterocycles. The van der Waals surface area contributed by atoms with Gasteiger partial charge in [-0.15, -0.1) is 11.3 Å². The van der Waals surface area contributed by atoms with E-state index in [4.69, 9.17) is 5.11 Å². The second kappa shape index (κ2) is 7.68. The van der Waals surface area contributed by atoms with Gasteiger partial charge in [-0.1, -0.05) is 30.3 Å². The summed E-state index contributed by atoms with van der Waals surface area (Å²) in [5.41, 5.74) is 1.32. The fourth-order valence-corrected chi connectivity index (χ4v) is 5.96. The third-order valence-corrected chi connectivity index (χ3v) is 7.64. The monoisotopic (exact) mass is 379 g/mol. The molecule has 1 heterocycles. The van der Waals surface area contributed by atoms with Gasteiger partial charge in [0.15, 0.2) is 0 Å². The van der Waals surface area contributed by atoms with E-state index >= 15 is 0 Å². The number of carbonyl (C=O) groups is 1. The number of carboxylic acids is 1. The standard InChI is InChI=1S/C18H21NO4S2/c20-17(21)12-16-10-11-18(24-16)25(22,23)19-15-8-6-14(7-9-15)13-4-2-1-3-5-13/h1-5,10-11,14-15,19H,6-9,12H2,(H,20,21). The summed E-state index contributed by atoms with van der Waals surface area (Å²) in [4.78, 5) is 11.3. The smallest absolute Gasteiger partial charge is 0.308 e. The van der Waals surface area contributed by atoms with Crippen molar-refractivity contribution in [3.63, 3.8) is 0 Å². The number of hydrogen-bond donors (Lipinski definition) is 2. The second-order valence-electron chi connectivity index (χ2n) is 6.37. The van der Waals surface area contributed by atoms with Crippen LogP contribution < -0.4 is 4.72 Å². The Bertz CT molecular complexity index is 822. The fourth-order valence-electron chi connectivity index (χ4n) is 3.29. The molecule has 2 aromatic rings. The van der Waals surface area contributed by atoms with Gasteiger partial charge >= 0.3 is 5.97 Å². The van der Waals surface area contributed by atoms with E-state index in [9.17, 15) is 13.2 Å². The lowest BCUT2D eigenvalue weighted by Crippen LogP contribution is -2.37. The van der Waals surface area contributed by atoms with Crippen molar-refractivity contribution in [3.8, 4) is 0 Å². The summed E-state index contributed by atoms with van der Waals surface area (Å²) in [5.74, 6) is -0.469. The molecule has 0 unspecified atom stereocenters. The highest BCUT2D eigenvalue weighted by Crippen LogP contribution is 2.33. The third-order valence-electron chi connectivity index (χ3n) is 4.55. The molecule has 1 aromatic heterocycles. The van der Waals surface area contributed by atoms with Crippen molar-refractivity contribution in [3.05, 3.63) is 52.9 Å². The summed E-state index contributed by atoms with van der Waals surface area (Å²) >= 11 is 1.02. The SMILES string of the molecule is O=C(O)Cc1ccc(S(=O)(=O)NC2CCC(c3ccccc3)CC2)s1. The summed E-state index contributed by atoms with van der Waals surface area (Å²) in [5, 5.41) is 8.80. The molecule has 3 rings (SSSR count). The molecular weight excluding hydrogens is 358 g/mol. The minimum absolute atomic E-state index is 0.0602. The van der Waals surface area contributed by atoms with Gasteiger partial charge < -0.3 is 5.11 Å². The quantitative estimate of drug-likeness (QED) is 0.806. The molecule has 7 heteroatoms. The van der Waals surface area contributed by atoms with Gasteiger partial charge in [0.1, 0.15) is 4.21 Å². The summed E-state index contributed by atoms with van der Waals surface area (Å²) in [6, 6.07) is 13.3. The molecule has 1 fully saturated rings. The van der Waals surface area contributed by atoms with E-state index in [1.165, 1.54) is 11.6 Å². The first kappa shape index (κ1) is 18.1. The molecule has 0 aliphatic heterocycles. The van der Waals surface area contributed by atoms with Crippen molar-refractivity contribution in [1.82, 2.24) is 4.72 Å². The first-order valence-corrected chi connectivity index (χ1v) is 10.6. The Hall–Kier alpha value is -1.70. The van der Waals surface area contributed by atoms with Crippen LogP contribution in [0.15, 0.2) is 46.7 Å². The van der Waals surface area contributed by atoms with Gasteiger partial charge in [-0.25, -0.2) is 13.1 Å². The van der Waals surface area contributed by atoms with Gasteiger partial charge in [-0.05, 0) is 49.3 Å². The molecule has 1 aromatic carbocycles. The van der Waals surface area contributed by atoms with Gasteiger partial charge in [0.05, 0.1) is 6.42 Å². The maximum absolute atomic E-state index is 12.5. The minimum Gasteiger partial charge on any atom is -0.481 e. The molecule has 25 heavy (non-hydrogen) atoms. The predicted octanol–water partition coefficient (Wildman–Crippen LogP) is 3.38. The van der Waals surface area contributed by atoms with Crippen LogP contribution in [0.25, 0.3) is 0 Å². The summed E-state index contributed by atoms with van der Waals surface area (Å²) in [7, 11) is -3.58. The van der Waals surface area contributed by atoms with Crippen LogP contribution in [0, 0.1) is 0 Å². The molecule has 0 atom stereocenters. The number of hydrogen-bond acceptors (Lipinski definition) is 4. The largest absolute Gasteiger partial charge is 0.481 e. The van der Waals surface area contributed by atoms with E-state index in [1.54, 1.807) is 6.07 Å². The second-order valence-corrected chi connectivity index (χ2v) is 9.48. The van der Waals surface area contributed by atoms with Crippen LogP contribution in [-0.2, 0) is 21.2 Å². The van der Waals surface area contributed by atoms with Gasteiger partial charge in [0.25, 0.3) is 0 Å². The highest BCUT2D eigenvalue weighted by molar-refractivity contribution is 7.91. The Morgan fingerprint density at radius 2 is 1.76 bits per heavy atom. The van der Waals surface area contributed by atoms with E-state index in [-0.39, 0.29) is 16.7 Å². The van der Waals surface area contributed by atoms with Gasteiger partial charge in [0.2, 0.25) is 10.0 Å². The molecule has 0 bridgehead atoms. The zero-order valence-corrected chi connectivity index (χ0v) is 15.4. The van der Waals surface area contributed by atoms with E-state index in [0.717, 1.165) is 37.0 Å². The van der Waals surface area contributed by atoms with Gasteiger partial charge in [0, 0.05) is 10.9 Å². The van der Waals surface area contributed by atoms with E-state index in [1.807, 2.05) is 18.2 Å². The molecule has 5 nitrogen and oxygen atoms in total. The zero-order valence-electron chi connectivity index (χ0n) is 13.7. The number of carboxylic acid groups (broad SMARTS) is 1. The Kier molecular flexibility index (Phi) is 5.56. The first-order chi connectivity index (χ1) is 11.9. The molecule has 0 radical (unpaired) electrons. The van der Waals surface area contributed by atoms with Crippen LogP contribution in [0.5, 0.6) is 0 Å². The van der Waals surface area contributed by atoms with Crippen molar-refractivity contribution in [1.29, 1.82) is 0 Å². The highest BCUT2D eigenvalue weighted by Gasteiger charge is 2.27. The van der Waals surface area contributed by atoms with Crippen LogP contribution in [-0.4, -0.2) is 25.5 Å². The van der Waals surface area contributed by atoms with Crippen molar-refractivity contribution >= 4 is 27.3 Å². The lowest BCUT2D eigenvalue weighted by Gasteiger charge is -2.29. The van der Waals surface area contributed by atoms with Gasteiger partial charge in [-0.3, -0.25) is 4.79 Å². The number of aliphatic carboxylic acids is 1. The number of nitrogens with one attached hydrogen (secondary N) is 1. The number of benzene rings is 1. The molecule has 0 spiro atoms. The fraction of sp³-hybridized carbons (Fsp3) is 0.389. The Labute approximate surface area is 151 Å². The van der Waals surface area contributed by atoms with E-state index in [0.29, 0.717) is 10.8 Å². The van der Waals surface area contributed by atoms with Crippen LogP contribution in [0.4, 0.5) is 0 Å². The minimum atomic E-state index is -3.58. The first-order valence-electron chi connectivity index (χ1n) is 8.32. The van der Waals surface area contributed by atoms with Crippen LogP contribution in [0.2, 0.25) is 0 Å². The van der Waals surface area contributed by atoms with E-state index in [2.05, 4.69) is 16.9 Å². The zero-order chi connectivity index (χ0) is 17.9. The maximum Gasteiger partial charge on any atom is 0.308 e. The highest BCUT2D eigenvalue weighted by atomic mass is 32.2. The average Bonchev–Trinajstić information content (AvgIpc) is 3.05. The van der Waals surface area contributed by atoms with Crippen LogP contribution in [0.3, 0.4) is 0 Å². The Balaban J connectivity index is 1.59. The number of rotatable bonds is 6. The van der Waals surface area contributed by atoms with Gasteiger partial charge in [-0.2, -0.15) is 0 Å². The molecule has 1 aliphatic rings. The molecule has 134 valence electrons. The number of thiophene rings is 1. The summed E-state index contributed by atoms with van der Waals surface area (Å²) < 4.78 is 28.0. The summed E-state index contributed by atoms with van der Waals surface area (Å²) in [6.07, 6.45) is 3.40. The predicted molar refractivity (Wildman–Crippen MR) is 97.4 cm³/mol. The lowest BCUT2D eigenvalue weighted by molar-refractivity contribution is -0.136. The molecule has 2 N–H and O–H groups in total. The normalized spacial score (nSPS) is 21.1. The molecule has 1 saturated carbocycles.